The molecule has 5 nitrogen and oxygen atoms in total. The van der Waals surface area contributed by atoms with Crippen molar-refractivity contribution in [1.82, 2.24) is 10.6 Å². The molecule has 0 saturated carbocycles. The van der Waals surface area contributed by atoms with Gasteiger partial charge in [-0.2, -0.15) is 0 Å². The first kappa shape index (κ1) is 16.6. The summed E-state index contributed by atoms with van der Waals surface area (Å²) in [6.07, 6.45) is 0.0105. The van der Waals surface area contributed by atoms with Gasteiger partial charge in [-0.25, -0.2) is 4.79 Å². The molecular weight excluding hydrogens is 280 g/mol. The third-order valence-electron chi connectivity index (χ3n) is 2.63. The SMILES string of the molecule is CC[C@@H](CNC(=O)NC[C@@H](C)O)Oc1ccccc1Cl. The van der Waals surface area contributed by atoms with Crippen LogP contribution >= 0.6 is 11.6 Å². The first-order valence-electron chi connectivity index (χ1n) is 6.63. The van der Waals surface area contributed by atoms with Crippen LogP contribution in [-0.2, 0) is 0 Å². The summed E-state index contributed by atoms with van der Waals surface area (Å²) in [4.78, 5) is 11.5. The van der Waals surface area contributed by atoms with Crippen molar-refractivity contribution in [1.29, 1.82) is 0 Å². The predicted octanol–water partition coefficient (Wildman–Crippen LogP) is 2.18. The van der Waals surface area contributed by atoms with Crippen LogP contribution in [0.1, 0.15) is 20.3 Å². The maximum atomic E-state index is 11.5. The number of amides is 2. The summed E-state index contributed by atoms with van der Waals surface area (Å²) in [5.74, 6) is 0.604. The zero-order chi connectivity index (χ0) is 15.0. The van der Waals surface area contributed by atoms with Gasteiger partial charge in [0.1, 0.15) is 11.9 Å². The van der Waals surface area contributed by atoms with Crippen LogP contribution in [0.3, 0.4) is 0 Å². The molecule has 0 aliphatic rings. The summed E-state index contributed by atoms with van der Waals surface area (Å²) in [6.45, 7) is 4.16. The second-order valence-electron chi connectivity index (χ2n) is 4.52. The van der Waals surface area contributed by atoms with E-state index in [4.69, 9.17) is 21.4 Å². The largest absolute Gasteiger partial charge is 0.487 e. The number of benzene rings is 1. The number of ether oxygens (including phenoxy) is 1. The molecule has 2 amide bonds. The third kappa shape index (κ3) is 6.12. The fraction of sp³-hybridized carbons (Fsp3) is 0.500. The van der Waals surface area contributed by atoms with Gasteiger partial charge in [-0.1, -0.05) is 30.7 Å². The van der Waals surface area contributed by atoms with E-state index in [2.05, 4.69) is 10.6 Å². The number of para-hydroxylation sites is 1. The number of rotatable bonds is 7. The summed E-state index contributed by atoms with van der Waals surface area (Å²) in [5.41, 5.74) is 0. The van der Waals surface area contributed by atoms with E-state index in [1.54, 1.807) is 19.1 Å². The van der Waals surface area contributed by atoms with Crippen molar-refractivity contribution in [3.8, 4) is 5.75 Å². The Labute approximate surface area is 124 Å². The van der Waals surface area contributed by atoms with Gasteiger partial charge in [0.05, 0.1) is 17.7 Å². The van der Waals surface area contributed by atoms with Crippen molar-refractivity contribution in [3.05, 3.63) is 29.3 Å². The van der Waals surface area contributed by atoms with E-state index in [9.17, 15) is 4.79 Å². The second kappa shape index (κ2) is 8.66. The van der Waals surface area contributed by atoms with E-state index in [0.717, 1.165) is 6.42 Å². The number of halogens is 1. The molecule has 2 atom stereocenters. The average Bonchev–Trinajstić information content (AvgIpc) is 2.43. The van der Waals surface area contributed by atoms with Crippen molar-refractivity contribution in [3.63, 3.8) is 0 Å². The van der Waals surface area contributed by atoms with Crippen molar-refractivity contribution in [2.24, 2.45) is 0 Å². The minimum Gasteiger partial charge on any atom is -0.487 e. The molecule has 6 heteroatoms. The molecule has 0 aromatic heterocycles. The standard InChI is InChI=1S/C14H21ClN2O3/c1-3-11(9-17-14(19)16-8-10(2)18)20-13-7-5-4-6-12(13)15/h4-7,10-11,18H,3,8-9H2,1-2H3,(H2,16,17,19)/t10-,11+/m1/s1. The van der Waals surface area contributed by atoms with Crippen LogP contribution in [0.4, 0.5) is 4.79 Å². The summed E-state index contributed by atoms with van der Waals surface area (Å²) in [5, 5.41) is 14.9. The van der Waals surface area contributed by atoms with Crippen LogP contribution in [0.5, 0.6) is 5.75 Å². The van der Waals surface area contributed by atoms with Gasteiger partial charge in [0.2, 0.25) is 0 Å². The van der Waals surface area contributed by atoms with Crippen LogP contribution in [0.15, 0.2) is 24.3 Å². The van der Waals surface area contributed by atoms with Crippen molar-refractivity contribution < 1.29 is 14.6 Å². The quantitative estimate of drug-likeness (QED) is 0.723. The molecule has 0 radical (unpaired) electrons. The lowest BCUT2D eigenvalue weighted by atomic mass is 10.2. The van der Waals surface area contributed by atoms with Gasteiger partial charge in [-0.3, -0.25) is 0 Å². The Hall–Kier alpha value is -1.46. The van der Waals surface area contributed by atoms with E-state index < -0.39 is 6.10 Å². The van der Waals surface area contributed by atoms with E-state index in [1.807, 2.05) is 19.1 Å². The Balaban J connectivity index is 2.40. The molecule has 0 saturated heterocycles. The van der Waals surface area contributed by atoms with Gasteiger partial charge >= 0.3 is 6.03 Å². The summed E-state index contributed by atoms with van der Waals surface area (Å²) >= 11 is 6.02. The van der Waals surface area contributed by atoms with E-state index in [-0.39, 0.29) is 18.7 Å². The Morgan fingerprint density at radius 1 is 1.35 bits per heavy atom. The highest BCUT2D eigenvalue weighted by molar-refractivity contribution is 6.32. The molecule has 1 aromatic carbocycles. The second-order valence-corrected chi connectivity index (χ2v) is 4.93. The van der Waals surface area contributed by atoms with Gasteiger partial charge < -0.3 is 20.5 Å². The molecule has 0 bridgehead atoms. The van der Waals surface area contributed by atoms with Gasteiger partial charge in [0.25, 0.3) is 0 Å². The van der Waals surface area contributed by atoms with Crippen LogP contribution in [0.25, 0.3) is 0 Å². The summed E-state index contributed by atoms with van der Waals surface area (Å²) in [7, 11) is 0. The molecule has 112 valence electrons. The average molecular weight is 301 g/mol. The Kier molecular flexibility index (Phi) is 7.18. The molecule has 1 rings (SSSR count). The molecule has 0 heterocycles. The first-order valence-corrected chi connectivity index (χ1v) is 7.01. The normalized spacial score (nSPS) is 13.4. The van der Waals surface area contributed by atoms with Crippen molar-refractivity contribution in [2.45, 2.75) is 32.5 Å². The van der Waals surface area contributed by atoms with Crippen molar-refractivity contribution >= 4 is 17.6 Å². The van der Waals surface area contributed by atoms with Crippen LogP contribution in [-0.4, -0.2) is 36.4 Å². The zero-order valence-corrected chi connectivity index (χ0v) is 12.5. The van der Waals surface area contributed by atoms with E-state index in [0.29, 0.717) is 17.3 Å². The highest BCUT2D eigenvalue weighted by Gasteiger charge is 2.12. The smallest absolute Gasteiger partial charge is 0.315 e. The number of aliphatic hydroxyl groups excluding tert-OH is 1. The molecule has 0 spiro atoms. The predicted molar refractivity (Wildman–Crippen MR) is 79.2 cm³/mol. The Morgan fingerprint density at radius 3 is 2.60 bits per heavy atom. The van der Waals surface area contributed by atoms with Crippen LogP contribution in [0.2, 0.25) is 5.02 Å². The van der Waals surface area contributed by atoms with Crippen LogP contribution in [0, 0.1) is 0 Å². The lowest BCUT2D eigenvalue weighted by Crippen LogP contribution is -2.43. The summed E-state index contributed by atoms with van der Waals surface area (Å²) in [6, 6.07) is 6.89. The van der Waals surface area contributed by atoms with Gasteiger partial charge in [-0.15, -0.1) is 0 Å². The molecule has 20 heavy (non-hydrogen) atoms. The third-order valence-corrected chi connectivity index (χ3v) is 2.95. The molecule has 0 aliphatic heterocycles. The van der Waals surface area contributed by atoms with Crippen molar-refractivity contribution in [2.75, 3.05) is 13.1 Å². The number of nitrogens with one attached hydrogen (secondary N) is 2. The molecule has 0 aliphatic carbocycles. The molecule has 0 unspecified atom stereocenters. The summed E-state index contributed by atoms with van der Waals surface area (Å²) < 4.78 is 5.75. The Morgan fingerprint density at radius 2 is 2.00 bits per heavy atom. The number of aliphatic hydroxyl groups is 1. The van der Waals surface area contributed by atoms with Gasteiger partial charge in [0.15, 0.2) is 0 Å². The number of hydrogen-bond acceptors (Lipinski definition) is 3. The van der Waals surface area contributed by atoms with E-state index in [1.165, 1.54) is 0 Å². The first-order chi connectivity index (χ1) is 9.52. The maximum Gasteiger partial charge on any atom is 0.315 e. The zero-order valence-electron chi connectivity index (χ0n) is 11.7. The van der Waals surface area contributed by atoms with Gasteiger partial charge in [0, 0.05) is 6.54 Å². The lowest BCUT2D eigenvalue weighted by Gasteiger charge is -2.19. The molecule has 0 fully saturated rings. The lowest BCUT2D eigenvalue weighted by molar-refractivity contribution is 0.179. The highest BCUT2D eigenvalue weighted by Crippen LogP contribution is 2.24. The van der Waals surface area contributed by atoms with Gasteiger partial charge in [-0.05, 0) is 25.5 Å². The molecule has 3 N–H and O–H groups in total. The minimum absolute atomic E-state index is 0.160. The topological polar surface area (TPSA) is 70.6 Å². The fourth-order valence-corrected chi connectivity index (χ4v) is 1.68. The fourth-order valence-electron chi connectivity index (χ4n) is 1.50. The number of carbonyl (C=O) groups excluding carboxylic acids is 1. The number of carbonyl (C=O) groups is 1. The molecule has 1 aromatic rings. The van der Waals surface area contributed by atoms with E-state index >= 15 is 0 Å². The maximum absolute atomic E-state index is 11.5. The highest BCUT2D eigenvalue weighted by atomic mass is 35.5. The Bertz CT molecular complexity index is 427. The molecular formula is C14H21ClN2O3. The number of hydrogen-bond donors (Lipinski definition) is 3. The monoisotopic (exact) mass is 300 g/mol. The van der Waals surface area contributed by atoms with Crippen LogP contribution < -0.4 is 15.4 Å². The minimum atomic E-state index is -0.568. The number of urea groups is 1.